The molecule has 0 N–H and O–H groups in total. The number of nitrogens with zero attached hydrogens (tertiary/aromatic N) is 2. The Bertz CT molecular complexity index is 1050. The summed E-state index contributed by atoms with van der Waals surface area (Å²) < 4.78 is 0. The lowest BCUT2D eigenvalue weighted by Crippen LogP contribution is -2.60. The van der Waals surface area contributed by atoms with Gasteiger partial charge in [-0.05, 0) is 42.0 Å². The van der Waals surface area contributed by atoms with Crippen LogP contribution in [-0.2, 0) is 9.63 Å². The zero-order chi connectivity index (χ0) is 20.5. The molecule has 5 rings (SSSR count). The summed E-state index contributed by atoms with van der Waals surface area (Å²) in [6, 6.07) is 27.4. The van der Waals surface area contributed by atoms with E-state index in [0.29, 0.717) is 11.6 Å². The molecule has 0 saturated carbocycles. The van der Waals surface area contributed by atoms with Gasteiger partial charge in [0.15, 0.2) is 0 Å². The van der Waals surface area contributed by atoms with Crippen LogP contribution in [0.5, 0.6) is 0 Å². The smallest absolute Gasteiger partial charge is 0.236 e. The molecule has 150 valence electrons. The number of rotatable bonds is 4. The van der Waals surface area contributed by atoms with Gasteiger partial charge in [0.25, 0.3) is 0 Å². The first kappa shape index (κ1) is 18.9. The summed E-state index contributed by atoms with van der Waals surface area (Å²) in [5, 5.41) is 2.50. The first-order valence-electron chi connectivity index (χ1n) is 10.0. The molecule has 3 atom stereocenters. The Labute approximate surface area is 180 Å². The molecule has 1 saturated heterocycles. The van der Waals surface area contributed by atoms with Gasteiger partial charge in [0, 0.05) is 10.7 Å². The van der Waals surface area contributed by atoms with Gasteiger partial charge in [0.2, 0.25) is 5.91 Å². The normalized spacial score (nSPS) is 23.4. The number of anilines is 2. The molecule has 2 aliphatic rings. The second kappa shape index (κ2) is 7.98. The minimum absolute atomic E-state index is 0.0516. The maximum Gasteiger partial charge on any atom is 0.236 e. The lowest BCUT2D eigenvalue weighted by Gasteiger charge is -2.50. The third-order valence-corrected chi connectivity index (χ3v) is 5.88. The zero-order valence-electron chi connectivity index (χ0n) is 16.3. The Morgan fingerprint density at radius 2 is 1.50 bits per heavy atom. The fourth-order valence-electron chi connectivity index (χ4n) is 4.19. The van der Waals surface area contributed by atoms with E-state index >= 15 is 0 Å². The van der Waals surface area contributed by atoms with Crippen LogP contribution in [0.25, 0.3) is 0 Å². The minimum atomic E-state index is -0.333. The number of para-hydroxylation sites is 1. The van der Waals surface area contributed by atoms with E-state index < -0.39 is 0 Å². The lowest BCUT2D eigenvalue weighted by molar-refractivity contribution is -0.137. The summed E-state index contributed by atoms with van der Waals surface area (Å²) in [6.45, 7) is 0.651. The highest BCUT2D eigenvalue weighted by Crippen LogP contribution is 2.46. The minimum Gasteiger partial charge on any atom is -0.304 e. The van der Waals surface area contributed by atoms with E-state index in [1.807, 2.05) is 88.8 Å². The van der Waals surface area contributed by atoms with Crippen LogP contribution in [0.1, 0.15) is 11.6 Å². The van der Waals surface area contributed by atoms with Crippen molar-refractivity contribution < 1.29 is 9.63 Å². The molecule has 1 fully saturated rings. The molecule has 0 bridgehead atoms. The molecule has 0 radical (unpaired) electrons. The van der Waals surface area contributed by atoms with Gasteiger partial charge < -0.3 is 4.90 Å². The monoisotopic (exact) mass is 416 g/mol. The van der Waals surface area contributed by atoms with Crippen LogP contribution in [0, 0.1) is 5.92 Å². The third kappa shape index (κ3) is 3.38. The zero-order valence-corrected chi connectivity index (χ0v) is 17.0. The highest BCUT2D eigenvalue weighted by Gasteiger charge is 2.53. The summed E-state index contributed by atoms with van der Waals surface area (Å²) in [4.78, 5) is 21.5. The summed E-state index contributed by atoms with van der Waals surface area (Å²) in [6.07, 6.45) is 3.75. The maximum atomic E-state index is 13.3. The summed E-state index contributed by atoms with van der Waals surface area (Å²) >= 11 is 6.05. The van der Waals surface area contributed by atoms with Gasteiger partial charge in [0.05, 0.1) is 24.2 Å². The van der Waals surface area contributed by atoms with Crippen LogP contribution in [0.15, 0.2) is 97.1 Å². The van der Waals surface area contributed by atoms with Crippen molar-refractivity contribution in [1.82, 2.24) is 0 Å². The number of hydrogen-bond donors (Lipinski definition) is 0. The van der Waals surface area contributed by atoms with Crippen LogP contribution in [-0.4, -0.2) is 18.6 Å². The number of benzene rings is 3. The van der Waals surface area contributed by atoms with E-state index in [1.54, 1.807) is 0 Å². The number of hydroxylamine groups is 1. The highest BCUT2D eigenvalue weighted by atomic mass is 35.5. The van der Waals surface area contributed by atoms with Gasteiger partial charge in [-0.1, -0.05) is 72.3 Å². The molecule has 0 spiro atoms. The Balaban J connectivity index is 1.46. The number of halogens is 1. The predicted molar refractivity (Wildman–Crippen MR) is 119 cm³/mol. The van der Waals surface area contributed by atoms with Crippen molar-refractivity contribution >= 4 is 28.9 Å². The number of carbonyl (C=O) groups excluding carboxylic acids is 1. The Hall–Kier alpha value is -3.08. The average molecular weight is 417 g/mol. The molecule has 0 aromatic heterocycles. The lowest BCUT2D eigenvalue weighted by atomic mass is 9.78. The molecule has 0 aliphatic carbocycles. The van der Waals surface area contributed by atoms with Gasteiger partial charge in [-0.25, -0.2) is 5.06 Å². The van der Waals surface area contributed by atoms with Crippen LogP contribution in [0.3, 0.4) is 0 Å². The number of amides is 1. The molecule has 2 heterocycles. The fraction of sp³-hybridized carbons (Fsp3) is 0.160. The third-order valence-electron chi connectivity index (χ3n) is 5.63. The van der Waals surface area contributed by atoms with E-state index in [0.717, 1.165) is 16.9 Å². The van der Waals surface area contributed by atoms with E-state index in [9.17, 15) is 4.79 Å². The van der Waals surface area contributed by atoms with Crippen LogP contribution < -0.4 is 9.96 Å². The molecule has 1 amide bonds. The Morgan fingerprint density at radius 1 is 0.833 bits per heavy atom. The average Bonchev–Trinajstić information content (AvgIpc) is 2.80. The van der Waals surface area contributed by atoms with Crippen molar-refractivity contribution in [2.45, 2.75) is 12.1 Å². The van der Waals surface area contributed by atoms with Gasteiger partial charge in [-0.15, -0.1) is 0 Å². The van der Waals surface area contributed by atoms with Crippen molar-refractivity contribution in [2.75, 3.05) is 16.5 Å². The first-order chi connectivity index (χ1) is 14.7. The molecule has 0 unspecified atom stereocenters. The van der Waals surface area contributed by atoms with Gasteiger partial charge >= 0.3 is 0 Å². The van der Waals surface area contributed by atoms with E-state index in [1.165, 1.54) is 0 Å². The molecule has 30 heavy (non-hydrogen) atoms. The molecule has 3 aromatic carbocycles. The topological polar surface area (TPSA) is 32.8 Å². The fourth-order valence-corrected chi connectivity index (χ4v) is 4.32. The largest absolute Gasteiger partial charge is 0.304 e. The van der Waals surface area contributed by atoms with Gasteiger partial charge in [-0.3, -0.25) is 9.63 Å². The summed E-state index contributed by atoms with van der Waals surface area (Å²) in [5.41, 5.74) is 2.91. The van der Waals surface area contributed by atoms with E-state index in [2.05, 4.69) is 18.2 Å². The molecule has 3 aromatic rings. The molecular weight excluding hydrogens is 396 g/mol. The van der Waals surface area contributed by atoms with E-state index in [4.69, 9.17) is 16.4 Å². The van der Waals surface area contributed by atoms with Crippen LogP contribution in [0.2, 0.25) is 5.02 Å². The van der Waals surface area contributed by atoms with Crippen molar-refractivity contribution in [3.05, 3.63) is 108 Å². The van der Waals surface area contributed by atoms with Crippen molar-refractivity contribution in [3.8, 4) is 0 Å². The molecule has 4 nitrogen and oxygen atoms in total. The van der Waals surface area contributed by atoms with Crippen molar-refractivity contribution in [2.24, 2.45) is 5.92 Å². The SMILES string of the molecule is O=C1[C@@H]([C@H]2C=CCN(c3ccccc3)O2)[C@H](c2ccccc2)N1c1ccc(Cl)cc1. The van der Waals surface area contributed by atoms with Crippen molar-refractivity contribution in [3.63, 3.8) is 0 Å². The van der Waals surface area contributed by atoms with Gasteiger partial charge in [-0.2, -0.15) is 0 Å². The standard InChI is InChI=1S/C25H21ClN2O2/c26-19-13-15-21(16-14-19)28-24(18-8-3-1-4-9-18)23(25(28)29)22-12-7-17-27(30-22)20-10-5-2-6-11-20/h1-16,22-24H,17H2/t22-,23+,24+/m1/s1. The highest BCUT2D eigenvalue weighted by molar-refractivity contribution is 6.30. The number of carbonyl (C=O) groups is 1. The second-order valence-electron chi connectivity index (χ2n) is 7.46. The summed E-state index contributed by atoms with van der Waals surface area (Å²) in [5.74, 6) is -0.249. The van der Waals surface area contributed by atoms with Crippen molar-refractivity contribution in [1.29, 1.82) is 0 Å². The number of β-lactam (4-membered cyclic amide) rings is 1. The quantitative estimate of drug-likeness (QED) is 0.420. The maximum absolute atomic E-state index is 13.3. The second-order valence-corrected chi connectivity index (χ2v) is 7.90. The Morgan fingerprint density at radius 3 is 2.20 bits per heavy atom. The predicted octanol–water partition coefficient (Wildman–Crippen LogP) is 5.42. The summed E-state index contributed by atoms with van der Waals surface area (Å²) in [7, 11) is 0. The molecule has 5 heteroatoms. The Kier molecular flexibility index (Phi) is 5.03. The van der Waals surface area contributed by atoms with Crippen LogP contribution in [0.4, 0.5) is 11.4 Å². The molecular formula is C25H21ClN2O2. The number of hydrogen-bond acceptors (Lipinski definition) is 3. The van der Waals surface area contributed by atoms with Crippen LogP contribution >= 0.6 is 11.6 Å². The van der Waals surface area contributed by atoms with Gasteiger partial charge in [0.1, 0.15) is 6.10 Å². The first-order valence-corrected chi connectivity index (χ1v) is 10.4. The molecule has 2 aliphatic heterocycles. The van der Waals surface area contributed by atoms with E-state index in [-0.39, 0.29) is 24.0 Å².